The van der Waals surface area contributed by atoms with Crippen molar-refractivity contribution in [2.45, 2.75) is 12.5 Å². The molecule has 76 valence electrons. The van der Waals surface area contributed by atoms with Crippen LogP contribution in [-0.4, -0.2) is 59.9 Å². The monoisotopic (exact) mass is 188 g/mol. The van der Waals surface area contributed by atoms with Crippen LogP contribution >= 0.6 is 0 Å². The number of hydrogen-bond acceptors (Lipinski definition) is 4. The minimum Gasteiger partial charge on any atom is -0.396 e. The van der Waals surface area contributed by atoms with Crippen LogP contribution in [-0.2, 0) is 4.79 Å². The lowest BCUT2D eigenvalue weighted by Crippen LogP contribution is -2.55. The topological polar surface area (TPSA) is 72.8 Å². The van der Waals surface area contributed by atoms with Crippen molar-refractivity contribution in [3.8, 4) is 0 Å². The van der Waals surface area contributed by atoms with Gasteiger partial charge < -0.3 is 15.5 Å². The molecule has 1 amide bonds. The Labute approximate surface area is 77.3 Å². The zero-order chi connectivity index (χ0) is 9.68. The third-order valence-corrected chi connectivity index (χ3v) is 2.06. The van der Waals surface area contributed by atoms with Crippen molar-refractivity contribution < 1.29 is 15.0 Å². The van der Waals surface area contributed by atoms with Crippen LogP contribution in [0.15, 0.2) is 0 Å². The second kappa shape index (κ2) is 5.16. The Morgan fingerprint density at radius 1 is 1.54 bits per heavy atom. The number of amides is 1. The standard InChI is InChI=1S/C8H16N2O3/c11-3-1-2-10-4-7(6-12)9-8(13)5-10/h7,11-12H,1-6H2,(H,9,13). The number of rotatable bonds is 4. The average Bonchev–Trinajstić information content (AvgIpc) is 2.14. The number of piperazine rings is 1. The third kappa shape index (κ3) is 3.30. The van der Waals surface area contributed by atoms with Crippen molar-refractivity contribution in [2.75, 3.05) is 32.8 Å². The predicted molar refractivity (Wildman–Crippen MR) is 47.2 cm³/mol. The summed E-state index contributed by atoms with van der Waals surface area (Å²) in [6.07, 6.45) is 0.672. The van der Waals surface area contributed by atoms with E-state index in [4.69, 9.17) is 10.2 Å². The summed E-state index contributed by atoms with van der Waals surface area (Å²) in [6.45, 7) is 1.86. The van der Waals surface area contributed by atoms with E-state index < -0.39 is 0 Å². The van der Waals surface area contributed by atoms with E-state index in [-0.39, 0.29) is 25.2 Å². The summed E-state index contributed by atoms with van der Waals surface area (Å²) in [5.41, 5.74) is 0. The molecule has 0 saturated carbocycles. The molecule has 1 saturated heterocycles. The van der Waals surface area contributed by atoms with Crippen LogP contribution in [0.4, 0.5) is 0 Å². The highest BCUT2D eigenvalue weighted by molar-refractivity contribution is 5.79. The van der Waals surface area contributed by atoms with Gasteiger partial charge in [0, 0.05) is 19.7 Å². The van der Waals surface area contributed by atoms with Gasteiger partial charge in [0.05, 0.1) is 19.2 Å². The Hall–Kier alpha value is -0.650. The Morgan fingerprint density at radius 2 is 2.31 bits per heavy atom. The summed E-state index contributed by atoms with van der Waals surface area (Å²) in [5.74, 6) is -0.0526. The van der Waals surface area contributed by atoms with Gasteiger partial charge in [0.25, 0.3) is 0 Å². The molecule has 5 heteroatoms. The van der Waals surface area contributed by atoms with E-state index in [2.05, 4.69) is 5.32 Å². The van der Waals surface area contributed by atoms with Gasteiger partial charge in [-0.2, -0.15) is 0 Å². The van der Waals surface area contributed by atoms with Crippen LogP contribution in [0.25, 0.3) is 0 Å². The molecule has 13 heavy (non-hydrogen) atoms. The first-order chi connectivity index (χ1) is 6.26. The maximum Gasteiger partial charge on any atom is 0.234 e. The van der Waals surface area contributed by atoms with Crippen molar-refractivity contribution in [1.82, 2.24) is 10.2 Å². The lowest BCUT2D eigenvalue weighted by molar-refractivity contribution is -0.126. The summed E-state index contributed by atoms with van der Waals surface area (Å²) in [4.78, 5) is 13.0. The van der Waals surface area contributed by atoms with Gasteiger partial charge in [-0.3, -0.25) is 9.69 Å². The minimum absolute atomic E-state index is 0.0264. The fourth-order valence-corrected chi connectivity index (χ4v) is 1.47. The van der Waals surface area contributed by atoms with Gasteiger partial charge in [-0.1, -0.05) is 0 Å². The van der Waals surface area contributed by atoms with E-state index in [1.807, 2.05) is 4.90 Å². The number of nitrogens with one attached hydrogen (secondary N) is 1. The molecule has 0 bridgehead atoms. The van der Waals surface area contributed by atoms with Crippen molar-refractivity contribution in [3.63, 3.8) is 0 Å². The normalized spacial score (nSPS) is 24.5. The van der Waals surface area contributed by atoms with Crippen LogP contribution in [0.1, 0.15) is 6.42 Å². The third-order valence-electron chi connectivity index (χ3n) is 2.06. The highest BCUT2D eigenvalue weighted by Crippen LogP contribution is 2.00. The molecule has 1 aliphatic heterocycles. The zero-order valence-electron chi connectivity index (χ0n) is 7.57. The van der Waals surface area contributed by atoms with Gasteiger partial charge in [0.1, 0.15) is 0 Å². The fraction of sp³-hybridized carbons (Fsp3) is 0.875. The lowest BCUT2D eigenvalue weighted by atomic mass is 10.2. The smallest absolute Gasteiger partial charge is 0.234 e. The zero-order valence-corrected chi connectivity index (χ0v) is 7.57. The molecule has 0 radical (unpaired) electrons. The molecule has 1 atom stereocenters. The second-order valence-electron chi connectivity index (χ2n) is 3.26. The molecule has 5 nitrogen and oxygen atoms in total. The summed E-state index contributed by atoms with van der Waals surface area (Å²) >= 11 is 0. The molecular formula is C8H16N2O3. The molecule has 0 spiro atoms. The van der Waals surface area contributed by atoms with Gasteiger partial charge in [-0.25, -0.2) is 0 Å². The maximum atomic E-state index is 11.1. The quantitative estimate of drug-likeness (QED) is 0.485. The van der Waals surface area contributed by atoms with Gasteiger partial charge in [0.2, 0.25) is 5.91 Å². The van der Waals surface area contributed by atoms with Crippen LogP contribution in [0.3, 0.4) is 0 Å². The number of carbonyl (C=O) groups excluding carboxylic acids is 1. The van der Waals surface area contributed by atoms with E-state index >= 15 is 0 Å². The molecule has 1 unspecified atom stereocenters. The molecule has 0 aromatic heterocycles. The fourth-order valence-electron chi connectivity index (χ4n) is 1.47. The van der Waals surface area contributed by atoms with E-state index in [1.54, 1.807) is 0 Å². The summed E-state index contributed by atoms with van der Waals surface area (Å²) in [6, 6.07) is -0.153. The highest BCUT2D eigenvalue weighted by Gasteiger charge is 2.22. The Balaban J connectivity index is 2.33. The largest absolute Gasteiger partial charge is 0.396 e. The Kier molecular flexibility index (Phi) is 4.14. The van der Waals surface area contributed by atoms with Crippen LogP contribution in [0.2, 0.25) is 0 Å². The molecule has 1 rings (SSSR count). The number of carbonyl (C=O) groups is 1. The highest BCUT2D eigenvalue weighted by atomic mass is 16.3. The first-order valence-corrected chi connectivity index (χ1v) is 4.49. The molecule has 0 aromatic carbocycles. The average molecular weight is 188 g/mol. The van der Waals surface area contributed by atoms with Crippen molar-refractivity contribution in [1.29, 1.82) is 0 Å². The van der Waals surface area contributed by atoms with E-state index in [9.17, 15) is 4.79 Å². The molecule has 1 heterocycles. The first kappa shape index (κ1) is 10.4. The van der Waals surface area contributed by atoms with Crippen LogP contribution in [0.5, 0.6) is 0 Å². The molecule has 0 aliphatic carbocycles. The Morgan fingerprint density at radius 3 is 2.92 bits per heavy atom. The SMILES string of the molecule is O=C1CN(CCCO)CC(CO)N1. The predicted octanol–water partition coefficient (Wildman–Crippen LogP) is -1.84. The van der Waals surface area contributed by atoms with Gasteiger partial charge in [-0.05, 0) is 6.42 Å². The van der Waals surface area contributed by atoms with Crippen LogP contribution < -0.4 is 5.32 Å². The molecular weight excluding hydrogens is 172 g/mol. The first-order valence-electron chi connectivity index (χ1n) is 4.49. The van der Waals surface area contributed by atoms with Crippen LogP contribution in [0, 0.1) is 0 Å². The van der Waals surface area contributed by atoms with Crippen molar-refractivity contribution in [2.24, 2.45) is 0 Å². The minimum atomic E-state index is -0.153. The van der Waals surface area contributed by atoms with Gasteiger partial charge >= 0.3 is 0 Å². The number of aliphatic hydroxyl groups excluding tert-OH is 2. The lowest BCUT2D eigenvalue weighted by Gasteiger charge is -2.31. The molecule has 1 fully saturated rings. The summed E-state index contributed by atoms with van der Waals surface area (Å²) in [7, 11) is 0. The number of aliphatic hydroxyl groups is 2. The Bertz CT molecular complexity index is 175. The van der Waals surface area contributed by atoms with E-state index in [1.165, 1.54) is 0 Å². The maximum absolute atomic E-state index is 11.1. The number of hydrogen-bond donors (Lipinski definition) is 3. The second-order valence-corrected chi connectivity index (χ2v) is 3.26. The molecule has 3 N–H and O–H groups in total. The summed E-state index contributed by atoms with van der Waals surface area (Å²) < 4.78 is 0. The van der Waals surface area contributed by atoms with Gasteiger partial charge in [0.15, 0.2) is 0 Å². The summed E-state index contributed by atoms with van der Waals surface area (Å²) in [5, 5.41) is 20.1. The molecule has 1 aliphatic rings. The van der Waals surface area contributed by atoms with Crippen molar-refractivity contribution >= 4 is 5.91 Å². The van der Waals surface area contributed by atoms with Gasteiger partial charge in [-0.15, -0.1) is 0 Å². The number of nitrogens with zero attached hydrogens (tertiary/aromatic N) is 1. The van der Waals surface area contributed by atoms with E-state index in [0.29, 0.717) is 26.1 Å². The van der Waals surface area contributed by atoms with E-state index in [0.717, 1.165) is 0 Å². The van der Waals surface area contributed by atoms with Crippen molar-refractivity contribution in [3.05, 3.63) is 0 Å². The molecule has 0 aromatic rings.